The predicted octanol–water partition coefficient (Wildman–Crippen LogP) is 4.85. The lowest BCUT2D eigenvalue weighted by Crippen LogP contribution is -2.21. The molecule has 1 aromatic carbocycles. The van der Waals surface area contributed by atoms with E-state index in [1.807, 2.05) is 13.0 Å². The topological polar surface area (TPSA) is 21.3 Å². The average molecular weight is 309 g/mol. The average Bonchev–Trinajstić information content (AvgIpc) is 2.35. The molecule has 0 bridgehead atoms. The molecule has 2 nitrogen and oxygen atoms in total. The fraction of sp³-hybridized carbons (Fsp3) is 0.385. The molecular weight excluding hydrogens is 293 g/mol. The van der Waals surface area contributed by atoms with Gasteiger partial charge in [-0.1, -0.05) is 47.4 Å². The fourth-order valence-corrected chi connectivity index (χ4v) is 2.25. The zero-order chi connectivity index (χ0) is 13.5. The molecule has 0 aliphatic rings. The first-order chi connectivity index (χ1) is 8.57. The minimum absolute atomic E-state index is 0.107. The van der Waals surface area contributed by atoms with E-state index >= 15 is 0 Å². The van der Waals surface area contributed by atoms with Crippen LogP contribution in [-0.4, -0.2) is 13.2 Å². The van der Waals surface area contributed by atoms with Crippen LogP contribution < -0.4 is 5.32 Å². The normalized spacial score (nSPS) is 12.2. The van der Waals surface area contributed by atoms with Crippen LogP contribution in [0.5, 0.6) is 0 Å². The van der Waals surface area contributed by atoms with E-state index in [9.17, 15) is 0 Å². The Bertz CT molecular complexity index is 409. The third-order valence-electron chi connectivity index (χ3n) is 2.54. The van der Waals surface area contributed by atoms with Gasteiger partial charge >= 0.3 is 0 Å². The maximum absolute atomic E-state index is 6.16. The molecule has 1 rings (SSSR count). The van der Waals surface area contributed by atoms with Crippen LogP contribution in [0.25, 0.3) is 0 Å². The minimum Gasteiger partial charge on any atom is -0.502 e. The maximum Gasteiger partial charge on any atom is 0.0885 e. The monoisotopic (exact) mass is 307 g/mol. The zero-order valence-corrected chi connectivity index (χ0v) is 12.4. The first-order valence-corrected chi connectivity index (χ1v) is 6.80. The Morgan fingerprint density at radius 1 is 1.33 bits per heavy atom. The van der Waals surface area contributed by atoms with Crippen LogP contribution in [0.15, 0.2) is 25.0 Å². The second-order valence-electron chi connectivity index (χ2n) is 3.83. The molecule has 0 saturated carbocycles. The fourth-order valence-electron chi connectivity index (χ4n) is 1.54. The molecule has 0 aromatic heterocycles. The highest BCUT2D eigenvalue weighted by Crippen LogP contribution is 2.35. The van der Waals surface area contributed by atoms with E-state index in [-0.39, 0.29) is 6.04 Å². The van der Waals surface area contributed by atoms with Crippen LogP contribution >= 0.6 is 34.8 Å². The van der Waals surface area contributed by atoms with Gasteiger partial charge in [0.1, 0.15) is 0 Å². The van der Waals surface area contributed by atoms with Crippen LogP contribution in [0.3, 0.4) is 0 Å². The summed E-state index contributed by atoms with van der Waals surface area (Å²) in [5.41, 5.74) is 0.940. The molecule has 0 aliphatic carbocycles. The van der Waals surface area contributed by atoms with Crippen molar-refractivity contribution in [3.63, 3.8) is 0 Å². The van der Waals surface area contributed by atoms with Crippen LogP contribution in [0.1, 0.15) is 24.9 Å². The van der Waals surface area contributed by atoms with Crippen LogP contribution in [-0.2, 0) is 4.74 Å². The van der Waals surface area contributed by atoms with Crippen molar-refractivity contribution in [2.24, 2.45) is 0 Å². The molecule has 0 radical (unpaired) electrons. The smallest absolute Gasteiger partial charge is 0.0885 e. The summed E-state index contributed by atoms with van der Waals surface area (Å²) in [5, 5.41) is 4.72. The van der Waals surface area contributed by atoms with Gasteiger partial charge in [0.15, 0.2) is 0 Å². The van der Waals surface area contributed by atoms with Gasteiger partial charge in [-0.15, -0.1) is 0 Å². The van der Waals surface area contributed by atoms with Gasteiger partial charge in [0.05, 0.1) is 27.9 Å². The molecular formula is C13H16Cl3NO. The van der Waals surface area contributed by atoms with E-state index in [0.717, 1.165) is 18.5 Å². The number of rotatable bonds is 7. The third kappa shape index (κ3) is 4.36. The summed E-state index contributed by atoms with van der Waals surface area (Å²) in [4.78, 5) is 0. The van der Waals surface area contributed by atoms with Gasteiger partial charge in [0, 0.05) is 6.04 Å². The minimum atomic E-state index is 0.107. The van der Waals surface area contributed by atoms with E-state index in [4.69, 9.17) is 39.5 Å². The molecule has 100 valence electrons. The number of hydrogen-bond acceptors (Lipinski definition) is 2. The number of benzene rings is 1. The summed E-state index contributed by atoms with van der Waals surface area (Å²) in [6, 6.07) is 3.74. The molecule has 5 heteroatoms. The number of nitrogens with one attached hydrogen (secondary N) is 1. The summed E-state index contributed by atoms with van der Waals surface area (Å²) in [6.45, 7) is 6.99. The predicted molar refractivity (Wildman–Crippen MR) is 78.7 cm³/mol. The van der Waals surface area contributed by atoms with Crippen molar-refractivity contribution in [2.75, 3.05) is 13.2 Å². The van der Waals surface area contributed by atoms with Gasteiger partial charge in [0.25, 0.3) is 0 Å². The molecule has 1 aromatic rings. The second-order valence-corrected chi connectivity index (χ2v) is 4.99. The second kappa shape index (κ2) is 7.90. The first-order valence-electron chi connectivity index (χ1n) is 5.67. The van der Waals surface area contributed by atoms with Gasteiger partial charge in [-0.05, 0) is 31.5 Å². The quantitative estimate of drug-likeness (QED) is 0.442. The van der Waals surface area contributed by atoms with Crippen molar-refractivity contribution >= 4 is 34.8 Å². The van der Waals surface area contributed by atoms with E-state index in [1.165, 1.54) is 6.26 Å². The highest BCUT2D eigenvalue weighted by molar-refractivity contribution is 6.48. The number of ether oxygens (including phenoxy) is 1. The number of halogens is 3. The summed E-state index contributed by atoms with van der Waals surface area (Å²) in [6.07, 6.45) is 2.34. The van der Waals surface area contributed by atoms with E-state index < -0.39 is 0 Å². The van der Waals surface area contributed by atoms with Crippen molar-refractivity contribution in [1.82, 2.24) is 5.32 Å². The van der Waals surface area contributed by atoms with Crippen molar-refractivity contribution < 1.29 is 4.74 Å². The Morgan fingerprint density at radius 3 is 2.72 bits per heavy atom. The van der Waals surface area contributed by atoms with Crippen LogP contribution in [0.2, 0.25) is 15.1 Å². The molecule has 0 heterocycles. The standard InChI is InChI=1S/C13H16Cl3NO/c1-3-18-8-4-7-17-9(2)10-5-6-11(14)13(16)12(10)15/h3,5-6,9,17H,1,4,7-8H2,2H3. The Hall–Kier alpha value is -0.410. The number of hydrogen-bond donors (Lipinski definition) is 1. The van der Waals surface area contributed by atoms with Crippen LogP contribution in [0.4, 0.5) is 0 Å². The highest BCUT2D eigenvalue weighted by Gasteiger charge is 2.13. The molecule has 1 atom stereocenters. The zero-order valence-electron chi connectivity index (χ0n) is 10.2. The summed E-state index contributed by atoms with van der Waals surface area (Å²) < 4.78 is 5.04. The molecule has 1 N–H and O–H groups in total. The van der Waals surface area contributed by atoms with Gasteiger partial charge in [-0.2, -0.15) is 0 Å². The molecule has 18 heavy (non-hydrogen) atoms. The van der Waals surface area contributed by atoms with Gasteiger partial charge in [-0.25, -0.2) is 0 Å². The lowest BCUT2D eigenvalue weighted by Gasteiger charge is -2.16. The molecule has 0 spiro atoms. The van der Waals surface area contributed by atoms with Gasteiger partial charge in [0.2, 0.25) is 0 Å². The summed E-state index contributed by atoms with van der Waals surface area (Å²) in [7, 11) is 0. The third-order valence-corrected chi connectivity index (χ3v) is 3.85. The van der Waals surface area contributed by atoms with E-state index in [2.05, 4.69) is 11.9 Å². The van der Waals surface area contributed by atoms with Crippen LogP contribution in [0, 0.1) is 0 Å². The Balaban J connectivity index is 2.54. The van der Waals surface area contributed by atoms with Crippen molar-refractivity contribution in [2.45, 2.75) is 19.4 Å². The lowest BCUT2D eigenvalue weighted by atomic mass is 10.1. The first kappa shape index (κ1) is 15.6. The van der Waals surface area contributed by atoms with Gasteiger partial charge in [-0.3, -0.25) is 0 Å². The Labute approximate surface area is 123 Å². The Kier molecular flexibility index (Phi) is 6.87. The Morgan fingerprint density at radius 2 is 2.06 bits per heavy atom. The molecule has 1 unspecified atom stereocenters. The molecule has 0 aliphatic heterocycles. The van der Waals surface area contributed by atoms with Gasteiger partial charge < -0.3 is 10.1 Å². The largest absolute Gasteiger partial charge is 0.502 e. The molecule has 0 saturated heterocycles. The highest BCUT2D eigenvalue weighted by atomic mass is 35.5. The van der Waals surface area contributed by atoms with Crippen molar-refractivity contribution in [3.05, 3.63) is 45.6 Å². The molecule has 0 fully saturated rings. The van der Waals surface area contributed by atoms with E-state index in [0.29, 0.717) is 21.7 Å². The lowest BCUT2D eigenvalue weighted by molar-refractivity contribution is 0.243. The summed E-state index contributed by atoms with van der Waals surface area (Å²) >= 11 is 18.1. The summed E-state index contributed by atoms with van der Waals surface area (Å²) in [5.74, 6) is 0. The maximum atomic E-state index is 6.16. The van der Waals surface area contributed by atoms with Crippen molar-refractivity contribution in [3.8, 4) is 0 Å². The SMILES string of the molecule is C=COCCCNC(C)c1ccc(Cl)c(Cl)c1Cl. The molecule has 0 amide bonds. The van der Waals surface area contributed by atoms with Crippen molar-refractivity contribution in [1.29, 1.82) is 0 Å². The van der Waals surface area contributed by atoms with E-state index in [1.54, 1.807) is 6.07 Å².